The van der Waals surface area contributed by atoms with Crippen molar-refractivity contribution < 1.29 is 8.78 Å². The van der Waals surface area contributed by atoms with E-state index in [-0.39, 0.29) is 29.8 Å². The Hall–Kier alpha value is -1.06. The third-order valence-corrected chi connectivity index (χ3v) is 2.28. The largest absolute Gasteiger partial charge is 0.325 e. The van der Waals surface area contributed by atoms with Crippen LogP contribution in [-0.4, -0.2) is 4.98 Å². The van der Waals surface area contributed by atoms with Crippen molar-refractivity contribution in [1.82, 2.24) is 4.98 Å². The fraction of sp³-hybridized carbons (Fsp3) is 0.333. The van der Waals surface area contributed by atoms with Gasteiger partial charge in [0.15, 0.2) is 0 Å². The van der Waals surface area contributed by atoms with Crippen LogP contribution in [0.1, 0.15) is 23.2 Å². The van der Waals surface area contributed by atoms with Crippen molar-refractivity contribution in [1.29, 1.82) is 5.26 Å². The van der Waals surface area contributed by atoms with Gasteiger partial charge in [0.2, 0.25) is 0 Å². The summed E-state index contributed by atoms with van der Waals surface area (Å²) in [6, 6.07) is 3.26. The number of halogens is 3. The molecule has 0 aliphatic carbocycles. The summed E-state index contributed by atoms with van der Waals surface area (Å²) in [5, 5.41) is 8.52. The Morgan fingerprint density at radius 2 is 2.27 bits per heavy atom. The van der Waals surface area contributed by atoms with Gasteiger partial charge in [-0.1, -0.05) is 0 Å². The maximum atomic E-state index is 12.7. The molecular weight excluding hydrogens is 268 g/mol. The minimum absolute atomic E-state index is 0.0719. The maximum Gasteiger partial charge on any atom is 0.265 e. The molecule has 0 bridgehead atoms. The first-order valence-electron chi connectivity index (χ1n) is 4.13. The predicted molar refractivity (Wildman–Crippen MR) is 54.1 cm³/mol. The lowest BCUT2D eigenvalue weighted by atomic mass is 10.0. The van der Waals surface area contributed by atoms with E-state index in [9.17, 15) is 8.78 Å². The molecule has 0 amide bonds. The molecule has 0 saturated carbocycles. The van der Waals surface area contributed by atoms with E-state index in [1.807, 2.05) is 6.07 Å². The van der Waals surface area contributed by atoms with E-state index in [1.165, 1.54) is 6.07 Å². The number of hydrogen-bond donors (Lipinski definition) is 1. The lowest BCUT2D eigenvalue weighted by molar-refractivity contribution is 0.148. The van der Waals surface area contributed by atoms with Crippen molar-refractivity contribution in [2.24, 2.45) is 5.73 Å². The van der Waals surface area contributed by atoms with Gasteiger partial charge < -0.3 is 5.73 Å². The first-order valence-corrected chi connectivity index (χ1v) is 4.92. The van der Waals surface area contributed by atoms with Gasteiger partial charge in [-0.25, -0.2) is 13.8 Å². The first kappa shape index (κ1) is 12.0. The van der Waals surface area contributed by atoms with Gasteiger partial charge in [-0.3, -0.25) is 0 Å². The van der Waals surface area contributed by atoms with Crippen LogP contribution < -0.4 is 5.73 Å². The molecule has 15 heavy (non-hydrogen) atoms. The van der Waals surface area contributed by atoms with Crippen LogP contribution in [0.15, 0.2) is 10.7 Å². The minimum atomic E-state index is -2.66. The third kappa shape index (κ3) is 2.70. The molecular formula is C9H8BrF2N3. The van der Waals surface area contributed by atoms with Gasteiger partial charge in [-0.15, -0.1) is 0 Å². The molecule has 0 aliphatic rings. The fourth-order valence-electron chi connectivity index (χ4n) is 1.28. The van der Waals surface area contributed by atoms with Gasteiger partial charge in [0.1, 0.15) is 4.60 Å². The molecule has 0 radical (unpaired) electrons. The molecule has 0 saturated heterocycles. The van der Waals surface area contributed by atoms with Crippen molar-refractivity contribution in [3.05, 3.63) is 27.5 Å². The number of hydrogen-bond acceptors (Lipinski definition) is 3. The van der Waals surface area contributed by atoms with Crippen LogP contribution in [0, 0.1) is 11.3 Å². The molecule has 0 aliphatic heterocycles. The quantitative estimate of drug-likeness (QED) is 0.861. The molecule has 0 unspecified atom stereocenters. The summed E-state index contributed by atoms with van der Waals surface area (Å²) in [6.45, 7) is -0.0719. The number of aromatic nitrogens is 1. The number of nitrogens with two attached hydrogens (primary N) is 1. The summed E-state index contributed by atoms with van der Waals surface area (Å²) >= 11 is 3.09. The highest BCUT2D eigenvalue weighted by Crippen LogP contribution is 2.28. The topological polar surface area (TPSA) is 62.7 Å². The summed E-state index contributed by atoms with van der Waals surface area (Å²) in [5.74, 6) is 0. The number of nitrogens with zero attached hydrogens (tertiary/aromatic N) is 2. The Labute approximate surface area is 94.0 Å². The van der Waals surface area contributed by atoms with E-state index in [0.717, 1.165) is 0 Å². The third-order valence-electron chi connectivity index (χ3n) is 1.87. The highest BCUT2D eigenvalue weighted by atomic mass is 79.9. The number of nitriles is 1. The first-order chi connectivity index (χ1) is 7.10. The summed E-state index contributed by atoms with van der Waals surface area (Å²) in [6.07, 6.45) is -2.74. The molecule has 1 aromatic rings. The molecule has 1 aromatic heterocycles. The molecule has 80 valence electrons. The van der Waals surface area contributed by atoms with Gasteiger partial charge >= 0.3 is 0 Å². The zero-order valence-corrected chi connectivity index (χ0v) is 9.26. The van der Waals surface area contributed by atoms with Crippen molar-refractivity contribution >= 4 is 15.9 Å². The summed E-state index contributed by atoms with van der Waals surface area (Å²) < 4.78 is 25.8. The Kier molecular flexibility index (Phi) is 4.12. The predicted octanol–water partition coefficient (Wildman–Crippen LogP) is 2.31. The molecule has 0 fully saturated rings. The lowest BCUT2D eigenvalue weighted by Gasteiger charge is -2.11. The fourth-order valence-corrected chi connectivity index (χ4v) is 1.77. The normalized spacial score (nSPS) is 10.4. The summed E-state index contributed by atoms with van der Waals surface area (Å²) in [4.78, 5) is 3.86. The molecule has 1 heterocycles. The smallest absolute Gasteiger partial charge is 0.265 e. The second kappa shape index (κ2) is 5.14. The molecule has 0 aromatic carbocycles. The maximum absolute atomic E-state index is 12.7. The van der Waals surface area contributed by atoms with Crippen LogP contribution in [0.3, 0.4) is 0 Å². The average molecular weight is 276 g/mol. The van der Waals surface area contributed by atoms with Crippen LogP contribution in [0.5, 0.6) is 0 Å². The SMILES string of the molecule is N#CCc1cc(Br)nc(CN)c1C(F)F. The second-order valence-electron chi connectivity index (χ2n) is 2.80. The van der Waals surface area contributed by atoms with Crippen molar-refractivity contribution in [2.75, 3.05) is 0 Å². The summed E-state index contributed by atoms with van der Waals surface area (Å²) in [7, 11) is 0. The van der Waals surface area contributed by atoms with E-state index in [1.54, 1.807) is 0 Å². The van der Waals surface area contributed by atoms with E-state index < -0.39 is 6.43 Å². The molecule has 0 spiro atoms. The number of rotatable bonds is 3. The van der Waals surface area contributed by atoms with E-state index in [0.29, 0.717) is 4.60 Å². The number of pyridine rings is 1. The Morgan fingerprint density at radius 1 is 1.60 bits per heavy atom. The monoisotopic (exact) mass is 275 g/mol. The van der Waals surface area contributed by atoms with Crippen molar-refractivity contribution in [3.8, 4) is 6.07 Å². The molecule has 1 rings (SSSR count). The molecule has 3 nitrogen and oxygen atoms in total. The van der Waals surface area contributed by atoms with Gasteiger partial charge in [0.25, 0.3) is 6.43 Å². The second-order valence-corrected chi connectivity index (χ2v) is 3.62. The Morgan fingerprint density at radius 3 is 2.73 bits per heavy atom. The zero-order chi connectivity index (χ0) is 11.4. The van der Waals surface area contributed by atoms with E-state index in [4.69, 9.17) is 11.0 Å². The van der Waals surface area contributed by atoms with Crippen molar-refractivity contribution in [3.63, 3.8) is 0 Å². The van der Waals surface area contributed by atoms with Crippen molar-refractivity contribution in [2.45, 2.75) is 19.4 Å². The van der Waals surface area contributed by atoms with Crippen LogP contribution in [0.2, 0.25) is 0 Å². The standard InChI is InChI=1S/C9H8BrF2N3/c10-7-3-5(1-2-13)8(9(11)12)6(4-14)15-7/h3,9H,1,4,14H2. The van der Waals surface area contributed by atoms with Gasteiger partial charge in [-0.05, 0) is 27.6 Å². The highest BCUT2D eigenvalue weighted by molar-refractivity contribution is 9.10. The molecule has 6 heteroatoms. The highest BCUT2D eigenvalue weighted by Gasteiger charge is 2.19. The number of alkyl halides is 2. The summed E-state index contributed by atoms with van der Waals surface area (Å²) in [5.41, 5.74) is 5.50. The zero-order valence-electron chi connectivity index (χ0n) is 7.67. The van der Waals surface area contributed by atoms with Gasteiger partial charge in [-0.2, -0.15) is 5.26 Å². The van der Waals surface area contributed by atoms with Crippen LogP contribution >= 0.6 is 15.9 Å². The van der Waals surface area contributed by atoms with Crippen LogP contribution in [0.4, 0.5) is 8.78 Å². The van der Waals surface area contributed by atoms with Gasteiger partial charge in [0, 0.05) is 12.1 Å². The lowest BCUT2D eigenvalue weighted by Crippen LogP contribution is -2.08. The van der Waals surface area contributed by atoms with Gasteiger partial charge in [0.05, 0.1) is 18.2 Å². The Bertz CT molecular complexity index is 401. The average Bonchev–Trinajstić information content (AvgIpc) is 2.16. The van der Waals surface area contributed by atoms with Crippen LogP contribution in [-0.2, 0) is 13.0 Å². The van der Waals surface area contributed by atoms with Crippen LogP contribution in [0.25, 0.3) is 0 Å². The molecule has 2 N–H and O–H groups in total. The Balaban J connectivity index is 3.34. The minimum Gasteiger partial charge on any atom is -0.325 e. The molecule has 0 atom stereocenters. The van der Waals surface area contributed by atoms with E-state index in [2.05, 4.69) is 20.9 Å². The van der Waals surface area contributed by atoms with E-state index >= 15 is 0 Å².